The van der Waals surface area contributed by atoms with E-state index in [1.165, 1.54) is 34.6 Å². The molecular weight excluding hydrogens is 859 g/mol. The molecule has 0 saturated carbocycles. The van der Waals surface area contributed by atoms with Gasteiger partial charge in [0.25, 0.3) is 0 Å². The fourth-order valence-corrected chi connectivity index (χ4v) is 7.37. The molecule has 0 spiro atoms. The third-order valence-electron chi connectivity index (χ3n) is 12.2. The van der Waals surface area contributed by atoms with Crippen molar-refractivity contribution in [1.29, 1.82) is 0 Å². The SMILES string of the molecule is CC[C@H](C)[C@@H]1NC(=O)[C@H](CC(C)C)NC(=O)[C@@H](C)NC(=O)[C@H](Cc2ccccc2)NC(=O)C(C)(C)NC(=O)C(C)(C)NC(=O)[C@H](C(C)C)NC(=O)[C@H](CC(C)C)NC(=O)[C@H]([C@@H](C)CC)NC1=O. The summed E-state index contributed by atoms with van der Waals surface area (Å²) in [6.45, 7) is 25.3. The summed E-state index contributed by atoms with van der Waals surface area (Å²) in [6.07, 6.45) is 1.28. The summed E-state index contributed by atoms with van der Waals surface area (Å²) in [5, 5.41) is 24.8. The van der Waals surface area contributed by atoms with Crippen LogP contribution in [0.15, 0.2) is 30.3 Å². The quantitative estimate of drug-likeness (QED) is 0.158. The molecule has 18 heteroatoms. The van der Waals surface area contributed by atoms with E-state index in [1.54, 1.807) is 58.0 Å². The molecule has 2 rings (SSSR count). The van der Waals surface area contributed by atoms with E-state index >= 15 is 0 Å². The van der Waals surface area contributed by atoms with Gasteiger partial charge in [-0.2, -0.15) is 0 Å². The van der Waals surface area contributed by atoms with Gasteiger partial charge in [0.15, 0.2) is 0 Å². The molecule has 9 amide bonds. The second-order valence-corrected chi connectivity index (χ2v) is 20.5. The Morgan fingerprint density at radius 2 is 0.881 bits per heavy atom. The van der Waals surface area contributed by atoms with Crippen molar-refractivity contribution in [3.63, 3.8) is 0 Å². The maximum atomic E-state index is 14.3. The average molecular weight is 940 g/mol. The number of amides is 9. The van der Waals surface area contributed by atoms with Crippen LogP contribution in [0, 0.1) is 29.6 Å². The molecule has 0 radical (unpaired) electrons. The van der Waals surface area contributed by atoms with Crippen molar-refractivity contribution < 1.29 is 43.2 Å². The van der Waals surface area contributed by atoms with Crippen molar-refractivity contribution in [3.05, 3.63) is 35.9 Å². The Hall–Kier alpha value is -5.55. The lowest BCUT2D eigenvalue weighted by molar-refractivity contribution is -0.139. The Balaban J connectivity index is 2.76. The molecule has 0 aromatic heterocycles. The van der Waals surface area contributed by atoms with Crippen LogP contribution in [0.5, 0.6) is 0 Å². The summed E-state index contributed by atoms with van der Waals surface area (Å²) in [7, 11) is 0. The van der Waals surface area contributed by atoms with E-state index in [-0.39, 0.29) is 31.1 Å². The minimum absolute atomic E-state index is 0.00905. The highest BCUT2D eigenvalue weighted by Crippen LogP contribution is 2.17. The smallest absolute Gasteiger partial charge is 0.246 e. The zero-order valence-electron chi connectivity index (χ0n) is 42.5. The van der Waals surface area contributed by atoms with Crippen LogP contribution in [0.1, 0.15) is 135 Å². The lowest BCUT2D eigenvalue weighted by atomic mass is 9.93. The summed E-state index contributed by atoms with van der Waals surface area (Å²) in [5.41, 5.74) is -2.60. The van der Waals surface area contributed by atoms with E-state index in [0.29, 0.717) is 18.4 Å². The Morgan fingerprint density at radius 1 is 0.463 bits per heavy atom. The average Bonchev–Trinajstić information content (AvgIpc) is 3.23. The standard InChI is InChI=1S/C49H81N9O9/c1-16-29(9)37-43(63)52-34(24-27(5)6)41(61)54-36(28(7)8)45(65)57-49(14,15)47(67)58-48(12,13)46(66)53-35(25-32-21-19-18-20-22-32)40(60)50-31(11)39(59)51-33(23-26(3)4)42(62)55-38(30(10)17-2)44(64)56-37/h18-22,26-31,33-38H,16-17,23-25H2,1-15H3,(H,50,60)(H,51,59)(H,52,63)(H,53,66)(H,54,61)(H,55,62)(H,56,64)(H,57,65)(H,58,67)/t29-,30-,31+,33-,34-,35-,36-,37-,38-/m0/s1. The third kappa shape index (κ3) is 17.6. The van der Waals surface area contributed by atoms with Crippen LogP contribution in [-0.2, 0) is 49.6 Å². The van der Waals surface area contributed by atoms with Crippen molar-refractivity contribution in [2.24, 2.45) is 29.6 Å². The van der Waals surface area contributed by atoms with E-state index in [4.69, 9.17) is 0 Å². The Kier molecular flexibility index (Phi) is 22.0. The number of hydrogen-bond acceptors (Lipinski definition) is 9. The minimum atomic E-state index is -1.65. The summed E-state index contributed by atoms with van der Waals surface area (Å²) in [4.78, 5) is 126. The maximum Gasteiger partial charge on any atom is 0.246 e. The van der Waals surface area contributed by atoms with Gasteiger partial charge in [-0.1, -0.05) is 112 Å². The monoisotopic (exact) mass is 940 g/mol. The molecule has 67 heavy (non-hydrogen) atoms. The zero-order chi connectivity index (χ0) is 51.1. The molecule has 0 unspecified atom stereocenters. The fraction of sp³-hybridized carbons (Fsp3) is 0.694. The van der Waals surface area contributed by atoms with Crippen LogP contribution in [0.25, 0.3) is 0 Å². The van der Waals surface area contributed by atoms with Crippen LogP contribution in [0.2, 0.25) is 0 Å². The lowest BCUT2D eigenvalue weighted by Crippen LogP contribution is -2.66. The first-order valence-electron chi connectivity index (χ1n) is 23.9. The summed E-state index contributed by atoms with van der Waals surface area (Å²) in [5.74, 6) is -7.74. The number of benzene rings is 1. The molecule has 1 aromatic carbocycles. The van der Waals surface area contributed by atoms with Gasteiger partial charge in [-0.15, -0.1) is 0 Å². The molecule has 1 aliphatic rings. The van der Waals surface area contributed by atoms with Gasteiger partial charge in [0.1, 0.15) is 53.4 Å². The molecule has 9 atom stereocenters. The number of carbonyl (C=O) groups is 9. The van der Waals surface area contributed by atoms with E-state index in [1.807, 2.05) is 41.5 Å². The Bertz CT molecular complexity index is 1900. The van der Waals surface area contributed by atoms with Crippen molar-refractivity contribution in [3.8, 4) is 0 Å². The highest BCUT2D eigenvalue weighted by atomic mass is 16.2. The first-order valence-corrected chi connectivity index (χ1v) is 23.9. The van der Waals surface area contributed by atoms with Crippen LogP contribution in [-0.4, -0.2) is 107 Å². The van der Waals surface area contributed by atoms with Gasteiger partial charge in [0, 0.05) is 6.42 Å². The number of nitrogens with one attached hydrogen (secondary N) is 9. The largest absolute Gasteiger partial charge is 0.343 e. The highest BCUT2D eigenvalue weighted by Gasteiger charge is 2.41. The predicted molar refractivity (Wildman–Crippen MR) is 256 cm³/mol. The number of hydrogen-bond donors (Lipinski definition) is 9. The third-order valence-corrected chi connectivity index (χ3v) is 12.2. The van der Waals surface area contributed by atoms with Crippen molar-refractivity contribution >= 4 is 53.2 Å². The molecule has 0 aliphatic carbocycles. The van der Waals surface area contributed by atoms with Crippen LogP contribution < -0.4 is 47.9 Å². The van der Waals surface area contributed by atoms with Crippen molar-refractivity contribution in [2.75, 3.05) is 0 Å². The molecule has 1 heterocycles. The number of carbonyl (C=O) groups excluding carboxylic acids is 9. The second-order valence-electron chi connectivity index (χ2n) is 20.5. The molecule has 18 nitrogen and oxygen atoms in total. The first kappa shape index (κ1) is 57.6. The Morgan fingerprint density at radius 3 is 1.34 bits per heavy atom. The lowest BCUT2D eigenvalue weighted by Gasteiger charge is -2.34. The van der Waals surface area contributed by atoms with Gasteiger partial charge in [-0.05, 0) is 82.6 Å². The van der Waals surface area contributed by atoms with Gasteiger partial charge in [0.05, 0.1) is 0 Å². The van der Waals surface area contributed by atoms with Gasteiger partial charge in [0.2, 0.25) is 53.2 Å². The summed E-state index contributed by atoms with van der Waals surface area (Å²) >= 11 is 0. The first-order chi connectivity index (χ1) is 31.0. The topological polar surface area (TPSA) is 262 Å². The van der Waals surface area contributed by atoms with E-state index in [0.717, 1.165) is 0 Å². The molecule has 0 bridgehead atoms. The van der Waals surface area contributed by atoms with Gasteiger partial charge >= 0.3 is 0 Å². The fourth-order valence-electron chi connectivity index (χ4n) is 7.37. The van der Waals surface area contributed by atoms with Gasteiger partial charge in [-0.3, -0.25) is 43.2 Å². The molecule has 1 aliphatic heterocycles. The second kappa shape index (κ2) is 25.5. The zero-order valence-corrected chi connectivity index (χ0v) is 42.5. The Labute approximate surface area is 398 Å². The van der Waals surface area contributed by atoms with Crippen LogP contribution in [0.4, 0.5) is 0 Å². The van der Waals surface area contributed by atoms with Gasteiger partial charge in [-0.25, -0.2) is 0 Å². The minimum Gasteiger partial charge on any atom is -0.343 e. The molecule has 9 N–H and O–H groups in total. The van der Waals surface area contributed by atoms with E-state index in [9.17, 15) is 43.2 Å². The maximum absolute atomic E-state index is 14.3. The predicted octanol–water partition coefficient (Wildman–Crippen LogP) is 2.29. The molecule has 376 valence electrons. The van der Waals surface area contributed by atoms with Gasteiger partial charge < -0.3 is 47.9 Å². The van der Waals surface area contributed by atoms with Crippen molar-refractivity contribution in [2.45, 2.75) is 189 Å². The van der Waals surface area contributed by atoms with Crippen LogP contribution in [0.3, 0.4) is 0 Å². The van der Waals surface area contributed by atoms with Crippen LogP contribution >= 0.6 is 0 Å². The normalized spacial score (nSPS) is 26.7. The number of rotatable bonds is 11. The molecule has 1 saturated heterocycles. The van der Waals surface area contributed by atoms with E-state index in [2.05, 4.69) is 47.9 Å². The van der Waals surface area contributed by atoms with E-state index < -0.39 is 124 Å². The molecule has 1 aromatic rings. The summed E-state index contributed by atoms with van der Waals surface area (Å²) < 4.78 is 0. The molecular formula is C49H81N9O9. The summed E-state index contributed by atoms with van der Waals surface area (Å²) in [6, 6.07) is 0.705. The molecule has 1 fully saturated rings. The van der Waals surface area contributed by atoms with Crippen molar-refractivity contribution in [1.82, 2.24) is 47.9 Å². The highest BCUT2D eigenvalue weighted by molar-refractivity contribution is 6.00.